The molecule has 2 aromatic heterocycles. The zero-order valence-corrected chi connectivity index (χ0v) is 13.3. The summed E-state index contributed by atoms with van der Waals surface area (Å²) < 4.78 is 49.1. The lowest BCUT2D eigenvalue weighted by molar-refractivity contribution is -0.144. The molecule has 1 N–H and O–H groups in total. The second-order valence-corrected chi connectivity index (χ2v) is 5.95. The van der Waals surface area contributed by atoms with Crippen LogP contribution < -0.4 is 0 Å². The van der Waals surface area contributed by atoms with Gasteiger partial charge in [-0.15, -0.1) is 0 Å². The molecule has 0 fully saturated rings. The molecule has 3 aromatic rings. The van der Waals surface area contributed by atoms with Crippen molar-refractivity contribution in [2.75, 3.05) is 0 Å². The van der Waals surface area contributed by atoms with E-state index in [9.17, 15) is 13.2 Å². The number of nitrogens with one attached hydrogen (secondary N) is 1. The molecule has 0 spiro atoms. The van der Waals surface area contributed by atoms with Crippen molar-refractivity contribution in [3.05, 3.63) is 36.0 Å². The number of hydrogen-bond donors (Lipinski definition) is 1. The third kappa shape index (κ3) is 2.75. The molecule has 2 unspecified atom stereocenters. The van der Waals surface area contributed by atoms with Crippen LogP contribution in [0.5, 0.6) is 0 Å². The van der Waals surface area contributed by atoms with Gasteiger partial charge in [-0.25, -0.2) is 4.98 Å². The number of ether oxygens (including phenoxy) is 1. The van der Waals surface area contributed by atoms with Crippen LogP contribution in [-0.2, 0) is 10.9 Å². The second kappa shape index (κ2) is 5.33. The maximum absolute atomic E-state index is 12.7. The Balaban J connectivity index is 1.67. The Morgan fingerprint density at radius 3 is 2.64 bits per heavy atom. The van der Waals surface area contributed by atoms with E-state index in [4.69, 9.17) is 9.26 Å². The number of rotatable bonds is 2. The van der Waals surface area contributed by atoms with Gasteiger partial charge < -0.3 is 14.2 Å². The van der Waals surface area contributed by atoms with Crippen LogP contribution in [0.1, 0.15) is 25.6 Å². The Bertz CT molecular complexity index is 973. The van der Waals surface area contributed by atoms with E-state index in [0.717, 1.165) is 0 Å². The molecule has 0 saturated heterocycles. The van der Waals surface area contributed by atoms with Gasteiger partial charge in [0.15, 0.2) is 5.76 Å². The van der Waals surface area contributed by atoms with E-state index in [1.54, 1.807) is 6.07 Å². The van der Waals surface area contributed by atoms with Crippen LogP contribution in [0.25, 0.3) is 28.2 Å². The highest BCUT2D eigenvalue weighted by Gasteiger charge is 2.34. The van der Waals surface area contributed by atoms with Crippen molar-refractivity contribution >= 4 is 16.8 Å². The van der Waals surface area contributed by atoms with Gasteiger partial charge >= 0.3 is 6.18 Å². The number of halogens is 3. The van der Waals surface area contributed by atoms with Gasteiger partial charge in [-0.1, -0.05) is 12.1 Å². The summed E-state index contributed by atoms with van der Waals surface area (Å²) >= 11 is 0. The highest BCUT2D eigenvalue weighted by atomic mass is 19.4. The molecular formula is C16H13F3N4O2. The first-order valence-electron chi connectivity index (χ1n) is 7.61. The van der Waals surface area contributed by atoms with Crippen LogP contribution in [0.15, 0.2) is 28.8 Å². The largest absolute Gasteiger partial charge is 0.485 e. The maximum Gasteiger partial charge on any atom is 0.449 e. The predicted molar refractivity (Wildman–Crippen MR) is 82.1 cm³/mol. The highest BCUT2D eigenvalue weighted by Crippen LogP contribution is 2.32. The standard InChI is InChI=1S/C16H13F3N4O2/c1-7-5-12(24-8(7)2)14-22-13(23-25-14)9-3-4-10-11(6-9)21-15(20-10)16(17,18)19/h3-8H,1-2H3,(H,20,21). The van der Waals surface area contributed by atoms with Crippen LogP contribution in [0.2, 0.25) is 0 Å². The van der Waals surface area contributed by atoms with Crippen molar-refractivity contribution < 1.29 is 22.4 Å². The number of H-pyrrole nitrogens is 1. The molecule has 2 atom stereocenters. The number of hydrogen-bond acceptors (Lipinski definition) is 5. The van der Waals surface area contributed by atoms with Gasteiger partial charge in [0.25, 0.3) is 5.89 Å². The van der Waals surface area contributed by atoms with Gasteiger partial charge in [-0.3, -0.25) is 0 Å². The van der Waals surface area contributed by atoms with Crippen molar-refractivity contribution in [3.63, 3.8) is 0 Å². The summed E-state index contributed by atoms with van der Waals surface area (Å²) in [7, 11) is 0. The number of nitrogens with zero attached hydrogens (tertiary/aromatic N) is 3. The summed E-state index contributed by atoms with van der Waals surface area (Å²) in [6.07, 6.45) is -2.61. The predicted octanol–water partition coefficient (Wildman–Crippen LogP) is 4.03. The summed E-state index contributed by atoms with van der Waals surface area (Å²) in [5.41, 5.74) is 0.960. The Kier molecular flexibility index (Phi) is 3.34. The summed E-state index contributed by atoms with van der Waals surface area (Å²) in [4.78, 5) is 10.1. The molecule has 0 aliphatic carbocycles. The van der Waals surface area contributed by atoms with Crippen LogP contribution in [0.4, 0.5) is 13.2 Å². The molecule has 1 aliphatic rings. The maximum atomic E-state index is 12.7. The average Bonchev–Trinajstić information content (AvgIpc) is 3.25. The molecule has 1 aromatic carbocycles. The van der Waals surface area contributed by atoms with Crippen molar-refractivity contribution in [1.82, 2.24) is 20.1 Å². The second-order valence-electron chi connectivity index (χ2n) is 5.95. The third-order valence-corrected chi connectivity index (χ3v) is 4.11. The Morgan fingerprint density at radius 2 is 1.96 bits per heavy atom. The fourth-order valence-electron chi connectivity index (χ4n) is 2.56. The summed E-state index contributed by atoms with van der Waals surface area (Å²) in [6.45, 7) is 3.95. The van der Waals surface area contributed by atoms with E-state index >= 15 is 0 Å². The summed E-state index contributed by atoms with van der Waals surface area (Å²) in [6, 6.07) is 4.58. The zero-order valence-electron chi connectivity index (χ0n) is 13.3. The lowest BCUT2D eigenvalue weighted by Crippen LogP contribution is -2.07. The molecule has 1 aliphatic heterocycles. The van der Waals surface area contributed by atoms with E-state index in [0.29, 0.717) is 11.3 Å². The molecule has 3 heterocycles. The SMILES string of the molecule is CC1C=C(c2nc(-c3ccc4[nH]c(C(F)(F)F)nc4c3)no2)OC1C. The zero-order chi connectivity index (χ0) is 17.8. The number of alkyl halides is 3. The monoisotopic (exact) mass is 350 g/mol. The number of aromatic nitrogens is 4. The first kappa shape index (κ1) is 15.7. The highest BCUT2D eigenvalue weighted by molar-refractivity contribution is 5.80. The van der Waals surface area contributed by atoms with Gasteiger partial charge in [-0.05, 0) is 31.2 Å². The quantitative estimate of drug-likeness (QED) is 0.755. The fourth-order valence-corrected chi connectivity index (χ4v) is 2.56. The third-order valence-electron chi connectivity index (χ3n) is 4.11. The number of benzene rings is 1. The van der Waals surface area contributed by atoms with Crippen molar-refractivity contribution in [2.45, 2.75) is 26.1 Å². The van der Waals surface area contributed by atoms with Crippen molar-refractivity contribution in [2.24, 2.45) is 5.92 Å². The van der Waals surface area contributed by atoms with Gasteiger partial charge in [-0.2, -0.15) is 18.2 Å². The summed E-state index contributed by atoms with van der Waals surface area (Å²) in [5, 5.41) is 3.88. The van der Waals surface area contributed by atoms with Crippen LogP contribution in [0.3, 0.4) is 0 Å². The Morgan fingerprint density at radius 1 is 1.16 bits per heavy atom. The van der Waals surface area contributed by atoms with Crippen molar-refractivity contribution in [1.29, 1.82) is 0 Å². The number of imidazole rings is 1. The van der Waals surface area contributed by atoms with Gasteiger partial charge in [0.05, 0.1) is 11.0 Å². The smallest absolute Gasteiger partial charge is 0.449 e. The fraction of sp³-hybridized carbons (Fsp3) is 0.312. The molecule has 4 rings (SSSR count). The summed E-state index contributed by atoms with van der Waals surface area (Å²) in [5.74, 6) is 0.195. The van der Waals surface area contributed by atoms with Gasteiger partial charge in [0.2, 0.25) is 11.6 Å². The Hall–Kier alpha value is -2.84. The first-order valence-corrected chi connectivity index (χ1v) is 7.61. The molecule has 9 heteroatoms. The molecule has 0 bridgehead atoms. The van der Waals surface area contributed by atoms with Crippen molar-refractivity contribution in [3.8, 4) is 11.4 Å². The van der Waals surface area contributed by atoms with Crippen LogP contribution >= 0.6 is 0 Å². The molecule has 130 valence electrons. The van der Waals surface area contributed by atoms with E-state index in [1.165, 1.54) is 12.1 Å². The molecule has 0 amide bonds. The minimum atomic E-state index is -4.53. The minimum absolute atomic E-state index is 0.0199. The number of fused-ring (bicyclic) bond motifs is 1. The topological polar surface area (TPSA) is 76.8 Å². The molecule has 0 radical (unpaired) electrons. The molecule has 25 heavy (non-hydrogen) atoms. The molecule has 0 saturated carbocycles. The van der Waals surface area contributed by atoms with E-state index < -0.39 is 12.0 Å². The van der Waals surface area contributed by atoms with E-state index in [1.807, 2.05) is 19.9 Å². The van der Waals surface area contributed by atoms with Crippen LogP contribution in [0, 0.1) is 5.92 Å². The van der Waals surface area contributed by atoms with Gasteiger partial charge in [0, 0.05) is 11.5 Å². The van der Waals surface area contributed by atoms with Crippen LogP contribution in [-0.4, -0.2) is 26.2 Å². The first-order chi connectivity index (χ1) is 11.8. The van der Waals surface area contributed by atoms with Gasteiger partial charge in [0.1, 0.15) is 6.10 Å². The lowest BCUT2D eigenvalue weighted by atomic mass is 10.1. The lowest BCUT2D eigenvalue weighted by Gasteiger charge is -2.08. The molecular weight excluding hydrogens is 337 g/mol. The van der Waals surface area contributed by atoms with E-state index in [-0.39, 0.29) is 34.8 Å². The number of aromatic amines is 1. The Labute approximate surface area is 139 Å². The van der Waals surface area contributed by atoms with E-state index in [2.05, 4.69) is 20.1 Å². The normalized spacial score (nSPS) is 20.8. The average molecular weight is 350 g/mol. The minimum Gasteiger partial charge on any atom is -0.485 e. The molecule has 6 nitrogen and oxygen atoms in total.